The van der Waals surface area contributed by atoms with Crippen molar-refractivity contribution in [3.05, 3.63) is 174 Å². The summed E-state index contributed by atoms with van der Waals surface area (Å²) in [5, 5.41) is 4.92. The van der Waals surface area contributed by atoms with E-state index in [2.05, 4.69) is 182 Å². The van der Waals surface area contributed by atoms with Crippen LogP contribution in [0.3, 0.4) is 0 Å². The number of benzene rings is 7. The molecular weight excluding hydrogens is 506 g/mol. The van der Waals surface area contributed by atoms with Crippen molar-refractivity contribution < 1.29 is 0 Å². The summed E-state index contributed by atoms with van der Waals surface area (Å²) >= 11 is 0. The largest absolute Gasteiger partial charge is 0.309 e. The lowest BCUT2D eigenvalue weighted by atomic mass is 10.0. The molecule has 0 heterocycles. The van der Waals surface area contributed by atoms with Gasteiger partial charge in [0.2, 0.25) is 0 Å². The molecule has 0 aromatic heterocycles. The second-order valence-electron chi connectivity index (χ2n) is 10.7. The Morgan fingerprint density at radius 3 is 1.36 bits per heavy atom. The topological polar surface area (TPSA) is 3.24 Å². The molecule has 0 N–H and O–H groups in total. The van der Waals surface area contributed by atoms with Crippen LogP contribution in [0.2, 0.25) is 0 Å². The highest BCUT2D eigenvalue weighted by molar-refractivity contribution is 6.04. The zero-order valence-electron chi connectivity index (χ0n) is 23.6. The van der Waals surface area contributed by atoms with Crippen LogP contribution >= 0.6 is 0 Å². The van der Waals surface area contributed by atoms with Gasteiger partial charge in [-0.05, 0) is 64.2 Å². The van der Waals surface area contributed by atoms with Crippen LogP contribution in [0.15, 0.2) is 158 Å². The molecule has 0 atom stereocenters. The van der Waals surface area contributed by atoms with E-state index in [0.29, 0.717) is 0 Å². The number of nitrogens with zero attached hydrogens (tertiary/aromatic N) is 1. The molecular formula is C41H31N. The molecule has 1 nitrogen and oxygen atoms in total. The maximum Gasteiger partial charge on any atom is 0.0540 e. The Balaban J connectivity index is 1.25. The number of hydrogen-bond acceptors (Lipinski definition) is 1. The van der Waals surface area contributed by atoms with Crippen molar-refractivity contribution in [3.63, 3.8) is 0 Å². The summed E-state index contributed by atoms with van der Waals surface area (Å²) in [6.45, 7) is 2.11. The highest BCUT2D eigenvalue weighted by Gasteiger charge is 2.17. The van der Waals surface area contributed by atoms with Gasteiger partial charge in [-0.3, -0.25) is 0 Å². The lowest BCUT2D eigenvalue weighted by Gasteiger charge is -2.28. The molecule has 0 aliphatic rings. The summed E-state index contributed by atoms with van der Waals surface area (Å²) in [7, 11) is 0. The lowest BCUT2D eigenvalue weighted by Crippen LogP contribution is -2.11. The first-order valence-electron chi connectivity index (χ1n) is 14.4. The van der Waals surface area contributed by atoms with E-state index in [4.69, 9.17) is 0 Å². The molecule has 7 aromatic carbocycles. The fraction of sp³-hybridized carbons (Fsp3) is 0.0244. The summed E-state index contributed by atoms with van der Waals surface area (Å²) in [6, 6.07) is 56.7. The van der Waals surface area contributed by atoms with Gasteiger partial charge in [0.15, 0.2) is 0 Å². The zero-order chi connectivity index (χ0) is 28.3. The number of rotatable bonds is 6. The number of anilines is 3. The van der Waals surface area contributed by atoms with Crippen molar-refractivity contribution >= 4 is 50.8 Å². The van der Waals surface area contributed by atoms with Crippen molar-refractivity contribution in [3.8, 4) is 11.1 Å². The molecule has 0 saturated heterocycles. The van der Waals surface area contributed by atoms with Crippen LogP contribution in [0, 0.1) is 6.92 Å². The predicted octanol–water partition coefficient (Wildman–Crippen LogP) is 11.6. The number of fused-ring (bicyclic) bond motifs is 2. The van der Waals surface area contributed by atoms with Crippen LogP contribution in [-0.2, 0) is 0 Å². The van der Waals surface area contributed by atoms with Crippen molar-refractivity contribution in [2.45, 2.75) is 6.92 Å². The van der Waals surface area contributed by atoms with Crippen LogP contribution in [0.5, 0.6) is 0 Å². The molecule has 0 aliphatic heterocycles. The minimum atomic E-state index is 1.13. The molecule has 0 radical (unpaired) electrons. The van der Waals surface area contributed by atoms with E-state index in [1.165, 1.54) is 60.7 Å². The van der Waals surface area contributed by atoms with Crippen molar-refractivity contribution in [2.75, 3.05) is 4.90 Å². The molecule has 0 aliphatic carbocycles. The first kappa shape index (κ1) is 25.6. The van der Waals surface area contributed by atoms with E-state index in [9.17, 15) is 0 Å². The normalized spacial score (nSPS) is 11.4. The third kappa shape index (κ3) is 5.09. The highest BCUT2D eigenvalue weighted by atomic mass is 15.1. The summed E-state index contributed by atoms with van der Waals surface area (Å²) < 4.78 is 0. The maximum absolute atomic E-state index is 2.40. The Morgan fingerprint density at radius 1 is 0.405 bits per heavy atom. The van der Waals surface area contributed by atoms with Crippen molar-refractivity contribution in [2.24, 2.45) is 0 Å². The maximum atomic E-state index is 2.40. The molecule has 0 bridgehead atoms. The molecule has 7 rings (SSSR count). The molecule has 200 valence electrons. The fourth-order valence-electron chi connectivity index (χ4n) is 5.67. The SMILES string of the molecule is Cc1ccc(/C=C\c2ccc(-c3ccc(N(c4cccc5ccccc45)c4cccc5ccccc45)cc3)cc2)cc1. The van der Waals surface area contributed by atoms with Gasteiger partial charge in [-0.2, -0.15) is 0 Å². The summed E-state index contributed by atoms with van der Waals surface area (Å²) in [6.07, 6.45) is 4.34. The average Bonchev–Trinajstić information content (AvgIpc) is 3.05. The first-order chi connectivity index (χ1) is 20.7. The standard InChI is InChI=1S/C41H31N/c1-30-16-18-31(19-17-30)20-21-32-22-24-33(25-23-32)34-26-28-37(29-27-34)42(40-14-6-10-35-8-2-4-12-38(35)40)41-15-7-11-36-9-3-5-13-39(36)41/h2-29H,1H3/b21-20-. The van der Waals surface area contributed by atoms with E-state index in [1.54, 1.807) is 0 Å². The van der Waals surface area contributed by atoms with Crippen LogP contribution < -0.4 is 4.90 Å². The number of aryl methyl sites for hydroxylation is 1. The lowest BCUT2D eigenvalue weighted by molar-refractivity contribution is 1.31. The third-order valence-corrected chi connectivity index (χ3v) is 7.93. The van der Waals surface area contributed by atoms with Gasteiger partial charge < -0.3 is 4.90 Å². The minimum absolute atomic E-state index is 1.13. The van der Waals surface area contributed by atoms with Crippen molar-refractivity contribution in [1.82, 2.24) is 0 Å². The van der Waals surface area contributed by atoms with Gasteiger partial charge in [-0.15, -0.1) is 0 Å². The average molecular weight is 538 g/mol. The molecule has 0 fully saturated rings. The smallest absolute Gasteiger partial charge is 0.0540 e. The molecule has 1 heteroatoms. The Bertz CT molecular complexity index is 1920. The molecule has 0 amide bonds. The predicted molar refractivity (Wildman–Crippen MR) is 182 cm³/mol. The molecule has 0 spiro atoms. The third-order valence-electron chi connectivity index (χ3n) is 7.93. The minimum Gasteiger partial charge on any atom is -0.309 e. The van der Waals surface area contributed by atoms with E-state index in [-0.39, 0.29) is 0 Å². The second-order valence-corrected chi connectivity index (χ2v) is 10.7. The van der Waals surface area contributed by atoms with E-state index >= 15 is 0 Å². The molecule has 0 unspecified atom stereocenters. The molecule has 42 heavy (non-hydrogen) atoms. The first-order valence-corrected chi connectivity index (χ1v) is 14.4. The van der Waals surface area contributed by atoms with Crippen LogP contribution in [0.4, 0.5) is 17.1 Å². The fourth-order valence-corrected chi connectivity index (χ4v) is 5.67. The van der Waals surface area contributed by atoms with E-state index < -0.39 is 0 Å². The van der Waals surface area contributed by atoms with Crippen LogP contribution in [-0.4, -0.2) is 0 Å². The van der Waals surface area contributed by atoms with E-state index in [0.717, 1.165) is 5.69 Å². The quantitative estimate of drug-likeness (QED) is 0.191. The van der Waals surface area contributed by atoms with Crippen LogP contribution in [0.1, 0.15) is 16.7 Å². The van der Waals surface area contributed by atoms with Gasteiger partial charge in [0.05, 0.1) is 11.4 Å². The van der Waals surface area contributed by atoms with Crippen molar-refractivity contribution in [1.29, 1.82) is 0 Å². The second kappa shape index (κ2) is 11.2. The summed E-state index contributed by atoms with van der Waals surface area (Å²) in [4.78, 5) is 2.40. The number of hydrogen-bond donors (Lipinski definition) is 0. The molecule has 7 aromatic rings. The Morgan fingerprint density at radius 2 is 0.833 bits per heavy atom. The van der Waals surface area contributed by atoms with Gasteiger partial charge in [-0.1, -0.05) is 151 Å². The Kier molecular flexibility index (Phi) is 6.84. The van der Waals surface area contributed by atoms with Gasteiger partial charge >= 0.3 is 0 Å². The zero-order valence-corrected chi connectivity index (χ0v) is 23.6. The van der Waals surface area contributed by atoms with Crippen LogP contribution in [0.25, 0.3) is 44.8 Å². The van der Waals surface area contributed by atoms with Gasteiger partial charge in [0.1, 0.15) is 0 Å². The summed E-state index contributed by atoms with van der Waals surface area (Å²) in [5.41, 5.74) is 9.54. The molecule has 0 saturated carbocycles. The van der Waals surface area contributed by atoms with Gasteiger partial charge in [0.25, 0.3) is 0 Å². The Hall–Kier alpha value is -5.40. The highest BCUT2D eigenvalue weighted by Crippen LogP contribution is 2.42. The Labute approximate surface area is 247 Å². The van der Waals surface area contributed by atoms with Gasteiger partial charge in [0, 0.05) is 16.5 Å². The monoisotopic (exact) mass is 537 g/mol. The van der Waals surface area contributed by atoms with Gasteiger partial charge in [-0.25, -0.2) is 0 Å². The van der Waals surface area contributed by atoms with E-state index in [1.807, 2.05) is 0 Å². The summed E-state index contributed by atoms with van der Waals surface area (Å²) in [5.74, 6) is 0.